The number of carbonyl (C=O) groups is 2. The standard InChI is InChI=1S/C22H25N3O2/c1-16-4-8-20(9-5-16)25-15-17(14-21(25)26)22(27)23-18-6-10-19(11-7-18)24-12-2-3-13-24/h4-11,17H,2-3,12-15H2,1H3,(H,23,27). The number of carbonyl (C=O) groups excluding carboxylic acids is 2. The Bertz CT molecular complexity index is 824. The summed E-state index contributed by atoms with van der Waals surface area (Å²) in [6.45, 7) is 4.65. The Kier molecular flexibility index (Phi) is 4.84. The molecule has 2 fully saturated rings. The fourth-order valence-corrected chi connectivity index (χ4v) is 3.83. The maximum absolute atomic E-state index is 12.6. The second kappa shape index (κ2) is 7.43. The van der Waals surface area contributed by atoms with E-state index in [9.17, 15) is 9.59 Å². The third-order valence-corrected chi connectivity index (χ3v) is 5.45. The molecule has 2 aromatic carbocycles. The predicted molar refractivity (Wildman–Crippen MR) is 108 cm³/mol. The van der Waals surface area contributed by atoms with Gasteiger partial charge in [0.05, 0.1) is 5.92 Å². The minimum atomic E-state index is -0.322. The Balaban J connectivity index is 1.38. The Morgan fingerprint density at radius 3 is 2.26 bits per heavy atom. The number of benzene rings is 2. The van der Waals surface area contributed by atoms with E-state index >= 15 is 0 Å². The molecule has 5 heteroatoms. The van der Waals surface area contributed by atoms with Crippen molar-refractivity contribution in [3.05, 3.63) is 54.1 Å². The molecule has 2 aliphatic heterocycles. The van der Waals surface area contributed by atoms with E-state index in [2.05, 4.69) is 22.3 Å². The quantitative estimate of drug-likeness (QED) is 0.903. The van der Waals surface area contributed by atoms with Crippen molar-refractivity contribution in [1.82, 2.24) is 0 Å². The van der Waals surface area contributed by atoms with Gasteiger partial charge in [-0.15, -0.1) is 0 Å². The third-order valence-electron chi connectivity index (χ3n) is 5.45. The molecule has 1 N–H and O–H groups in total. The van der Waals surface area contributed by atoms with E-state index in [1.165, 1.54) is 18.5 Å². The smallest absolute Gasteiger partial charge is 0.229 e. The molecule has 5 nitrogen and oxygen atoms in total. The van der Waals surface area contributed by atoms with E-state index in [1.54, 1.807) is 4.90 Å². The van der Waals surface area contributed by atoms with Crippen LogP contribution in [0.4, 0.5) is 17.1 Å². The SMILES string of the molecule is Cc1ccc(N2CC(C(=O)Nc3ccc(N4CCCC4)cc3)CC2=O)cc1. The zero-order valence-corrected chi connectivity index (χ0v) is 15.6. The summed E-state index contributed by atoms with van der Waals surface area (Å²) in [5, 5.41) is 2.97. The van der Waals surface area contributed by atoms with E-state index in [0.29, 0.717) is 6.54 Å². The summed E-state index contributed by atoms with van der Waals surface area (Å²) in [6, 6.07) is 15.8. The Labute approximate surface area is 160 Å². The number of amides is 2. The lowest BCUT2D eigenvalue weighted by molar-refractivity contribution is -0.122. The topological polar surface area (TPSA) is 52.7 Å². The summed E-state index contributed by atoms with van der Waals surface area (Å²) in [4.78, 5) is 29.1. The van der Waals surface area contributed by atoms with Gasteiger partial charge in [-0.25, -0.2) is 0 Å². The maximum atomic E-state index is 12.6. The van der Waals surface area contributed by atoms with Crippen LogP contribution in [0, 0.1) is 12.8 Å². The van der Waals surface area contributed by atoms with Gasteiger partial charge in [0.15, 0.2) is 0 Å². The molecule has 0 aliphatic carbocycles. The van der Waals surface area contributed by atoms with Gasteiger partial charge in [-0.1, -0.05) is 17.7 Å². The van der Waals surface area contributed by atoms with Crippen LogP contribution in [0.25, 0.3) is 0 Å². The second-order valence-corrected chi connectivity index (χ2v) is 7.47. The van der Waals surface area contributed by atoms with E-state index < -0.39 is 0 Å². The second-order valence-electron chi connectivity index (χ2n) is 7.47. The van der Waals surface area contributed by atoms with Crippen molar-refractivity contribution in [3.8, 4) is 0 Å². The molecule has 2 heterocycles. The summed E-state index contributed by atoms with van der Waals surface area (Å²) in [6.07, 6.45) is 2.74. The molecule has 1 unspecified atom stereocenters. The van der Waals surface area contributed by atoms with E-state index in [-0.39, 0.29) is 24.2 Å². The lowest BCUT2D eigenvalue weighted by atomic mass is 10.1. The molecule has 2 amide bonds. The molecule has 0 saturated carbocycles. The minimum absolute atomic E-state index is 0.00313. The van der Waals surface area contributed by atoms with Crippen molar-refractivity contribution in [2.45, 2.75) is 26.2 Å². The summed E-state index contributed by atoms with van der Waals surface area (Å²) in [5.41, 5.74) is 3.99. The molecule has 2 aliphatic rings. The molecule has 0 aromatic heterocycles. The average Bonchev–Trinajstić information content (AvgIpc) is 3.33. The number of rotatable bonds is 4. The van der Waals surface area contributed by atoms with Gasteiger partial charge in [0.2, 0.25) is 11.8 Å². The summed E-state index contributed by atoms with van der Waals surface area (Å²) >= 11 is 0. The molecule has 0 radical (unpaired) electrons. The first-order chi connectivity index (χ1) is 13.1. The van der Waals surface area contributed by atoms with Crippen molar-refractivity contribution < 1.29 is 9.59 Å². The fourth-order valence-electron chi connectivity index (χ4n) is 3.83. The molecule has 0 bridgehead atoms. The molecule has 0 spiro atoms. The average molecular weight is 363 g/mol. The van der Waals surface area contributed by atoms with Gasteiger partial charge in [0.25, 0.3) is 0 Å². The molecule has 140 valence electrons. The van der Waals surface area contributed by atoms with Gasteiger partial charge in [-0.2, -0.15) is 0 Å². The number of nitrogens with one attached hydrogen (secondary N) is 1. The third kappa shape index (κ3) is 3.82. The summed E-state index contributed by atoms with van der Waals surface area (Å²) < 4.78 is 0. The lowest BCUT2D eigenvalue weighted by Crippen LogP contribution is -2.28. The van der Waals surface area contributed by atoms with Gasteiger partial charge in [-0.3, -0.25) is 9.59 Å². The van der Waals surface area contributed by atoms with Crippen LogP contribution >= 0.6 is 0 Å². The first-order valence-corrected chi connectivity index (χ1v) is 9.63. The van der Waals surface area contributed by atoms with Gasteiger partial charge >= 0.3 is 0 Å². The molecular weight excluding hydrogens is 338 g/mol. The van der Waals surface area contributed by atoms with Gasteiger partial charge < -0.3 is 15.1 Å². The Hall–Kier alpha value is -2.82. The van der Waals surface area contributed by atoms with E-state index in [0.717, 1.165) is 30.0 Å². The van der Waals surface area contributed by atoms with Crippen LogP contribution in [0.1, 0.15) is 24.8 Å². The predicted octanol–water partition coefficient (Wildman–Crippen LogP) is 3.59. The van der Waals surface area contributed by atoms with Crippen LogP contribution in [-0.4, -0.2) is 31.4 Å². The maximum Gasteiger partial charge on any atom is 0.229 e. The summed E-state index contributed by atoms with van der Waals surface area (Å²) in [5.74, 6) is -0.410. The Morgan fingerprint density at radius 2 is 1.59 bits per heavy atom. The van der Waals surface area contributed by atoms with Gasteiger partial charge in [0, 0.05) is 43.1 Å². The van der Waals surface area contributed by atoms with Gasteiger partial charge in [-0.05, 0) is 56.2 Å². The zero-order valence-electron chi connectivity index (χ0n) is 15.6. The molecule has 2 aromatic rings. The first kappa shape index (κ1) is 17.6. The number of hydrogen-bond donors (Lipinski definition) is 1. The largest absolute Gasteiger partial charge is 0.372 e. The number of hydrogen-bond acceptors (Lipinski definition) is 3. The van der Waals surface area contributed by atoms with Gasteiger partial charge in [0.1, 0.15) is 0 Å². The summed E-state index contributed by atoms with van der Waals surface area (Å²) in [7, 11) is 0. The first-order valence-electron chi connectivity index (χ1n) is 9.63. The number of anilines is 3. The van der Waals surface area contributed by atoms with Crippen molar-refractivity contribution in [3.63, 3.8) is 0 Å². The van der Waals surface area contributed by atoms with Crippen molar-refractivity contribution in [2.75, 3.05) is 34.8 Å². The van der Waals surface area contributed by atoms with E-state index in [1.807, 2.05) is 43.3 Å². The molecule has 1 atom stereocenters. The van der Waals surface area contributed by atoms with Crippen LogP contribution in [0.5, 0.6) is 0 Å². The van der Waals surface area contributed by atoms with Crippen molar-refractivity contribution >= 4 is 28.9 Å². The highest BCUT2D eigenvalue weighted by Crippen LogP contribution is 2.27. The number of aryl methyl sites for hydroxylation is 1. The highest BCUT2D eigenvalue weighted by Gasteiger charge is 2.35. The molecule has 2 saturated heterocycles. The van der Waals surface area contributed by atoms with Crippen molar-refractivity contribution in [1.29, 1.82) is 0 Å². The lowest BCUT2D eigenvalue weighted by Gasteiger charge is -2.18. The van der Waals surface area contributed by atoms with Crippen LogP contribution in [0.2, 0.25) is 0 Å². The fraction of sp³-hybridized carbons (Fsp3) is 0.364. The minimum Gasteiger partial charge on any atom is -0.372 e. The monoisotopic (exact) mass is 363 g/mol. The molecular formula is C22H25N3O2. The van der Waals surface area contributed by atoms with E-state index in [4.69, 9.17) is 0 Å². The zero-order chi connectivity index (χ0) is 18.8. The van der Waals surface area contributed by atoms with Crippen molar-refractivity contribution in [2.24, 2.45) is 5.92 Å². The molecule has 4 rings (SSSR count). The normalized spacial score (nSPS) is 19.6. The molecule has 27 heavy (non-hydrogen) atoms. The number of nitrogens with zero attached hydrogens (tertiary/aromatic N) is 2. The van der Waals surface area contributed by atoms with Crippen LogP contribution in [-0.2, 0) is 9.59 Å². The highest BCUT2D eigenvalue weighted by atomic mass is 16.2. The Morgan fingerprint density at radius 1 is 0.963 bits per heavy atom. The van der Waals surface area contributed by atoms with Crippen LogP contribution in [0.3, 0.4) is 0 Å². The highest BCUT2D eigenvalue weighted by molar-refractivity contribution is 6.03. The van der Waals surface area contributed by atoms with Crippen LogP contribution < -0.4 is 15.1 Å². The van der Waals surface area contributed by atoms with Crippen LogP contribution in [0.15, 0.2) is 48.5 Å².